The number of carbonyl (C=O) groups excluding carboxylic acids is 1. The summed E-state index contributed by atoms with van der Waals surface area (Å²) >= 11 is 0. The van der Waals surface area contributed by atoms with E-state index in [1.54, 1.807) is 0 Å². The average molecular weight is 334 g/mol. The molecule has 3 rings (SSSR count). The number of nitrogens with zero attached hydrogens (tertiary/aromatic N) is 1. The van der Waals surface area contributed by atoms with Crippen molar-refractivity contribution in [1.82, 2.24) is 10.2 Å². The maximum absolute atomic E-state index is 14.1. The Bertz CT molecular complexity index is 619. The highest BCUT2D eigenvalue weighted by atomic mass is 19.1. The second-order valence-corrected chi connectivity index (χ2v) is 7.49. The highest BCUT2D eigenvalue weighted by Crippen LogP contribution is 2.33. The third-order valence-corrected chi connectivity index (χ3v) is 5.32. The van der Waals surface area contributed by atoms with E-state index in [0.29, 0.717) is 12.5 Å². The first-order chi connectivity index (χ1) is 11.4. The Morgan fingerprint density at radius 2 is 2.29 bits per heavy atom. The van der Waals surface area contributed by atoms with Crippen molar-refractivity contribution in [1.29, 1.82) is 0 Å². The summed E-state index contributed by atoms with van der Waals surface area (Å²) in [6.45, 7) is 4.13. The molecule has 2 atom stereocenters. The fourth-order valence-electron chi connectivity index (χ4n) is 3.70. The van der Waals surface area contributed by atoms with Crippen molar-refractivity contribution >= 4 is 6.03 Å². The fraction of sp³-hybridized carbons (Fsp3) is 0.632. The number of rotatable bonds is 3. The van der Waals surface area contributed by atoms with Crippen LogP contribution in [0.15, 0.2) is 18.2 Å². The van der Waals surface area contributed by atoms with Crippen molar-refractivity contribution in [2.45, 2.75) is 57.2 Å². The zero-order valence-electron chi connectivity index (χ0n) is 14.5. The predicted molar refractivity (Wildman–Crippen MR) is 91.9 cm³/mol. The Labute approximate surface area is 143 Å². The Morgan fingerprint density at radius 1 is 1.50 bits per heavy atom. The highest BCUT2D eigenvalue weighted by Gasteiger charge is 2.40. The minimum Gasteiger partial charge on any atom is -0.393 e. The number of aryl methyl sites for hydroxylation is 1. The van der Waals surface area contributed by atoms with E-state index in [1.807, 2.05) is 0 Å². The first-order valence-corrected chi connectivity index (χ1v) is 8.90. The van der Waals surface area contributed by atoms with Crippen LogP contribution in [0.3, 0.4) is 0 Å². The summed E-state index contributed by atoms with van der Waals surface area (Å²) < 4.78 is 14.1. The molecule has 1 aromatic rings. The number of amides is 2. The van der Waals surface area contributed by atoms with Crippen molar-refractivity contribution in [2.24, 2.45) is 0 Å². The average Bonchev–Trinajstić information content (AvgIpc) is 2.98. The molecule has 1 fully saturated rings. The summed E-state index contributed by atoms with van der Waals surface area (Å²) in [7, 11) is 0. The largest absolute Gasteiger partial charge is 0.393 e. The molecule has 0 aromatic heterocycles. The number of aliphatic hydroxyl groups excluding tert-OH is 1. The van der Waals surface area contributed by atoms with Crippen LogP contribution in [0.4, 0.5) is 9.18 Å². The number of hydrogen-bond acceptors (Lipinski definition) is 2. The van der Waals surface area contributed by atoms with Crippen LogP contribution in [0.5, 0.6) is 0 Å². The van der Waals surface area contributed by atoms with Crippen LogP contribution < -0.4 is 5.32 Å². The molecule has 5 heteroatoms. The molecule has 1 aliphatic heterocycles. The van der Waals surface area contributed by atoms with Gasteiger partial charge in [0.1, 0.15) is 0 Å². The summed E-state index contributed by atoms with van der Waals surface area (Å²) in [5.41, 5.74) is 2.13. The number of fused-ring (bicyclic) bond motifs is 1. The minimum absolute atomic E-state index is 0.0105. The van der Waals surface area contributed by atoms with Gasteiger partial charge in [-0.25, -0.2) is 9.18 Å². The predicted octanol–water partition coefficient (Wildman–Crippen LogP) is 3.30. The van der Waals surface area contributed by atoms with Crippen LogP contribution in [0.2, 0.25) is 0 Å². The van der Waals surface area contributed by atoms with Crippen LogP contribution in [-0.4, -0.2) is 41.4 Å². The molecule has 1 heterocycles. The molecular formula is C19H27FN2O2. The molecule has 0 saturated carbocycles. The number of nitrogens with one attached hydrogen (secondary N) is 1. The summed E-state index contributed by atoms with van der Waals surface area (Å²) in [6, 6.07) is 6.32. The smallest absolute Gasteiger partial charge is 0.317 e. The molecule has 2 aliphatic rings. The number of benzene rings is 1. The molecule has 0 radical (unpaired) electrons. The quantitative estimate of drug-likeness (QED) is 0.891. The SMILES string of the molecule is CC(C)c1ccc2c(c1)[C@H](NC(=O)N1CCC(F)(CO)C1)CCC2. The Kier molecular flexibility index (Phi) is 4.81. The number of likely N-dealkylation sites (tertiary alicyclic amines) is 1. The zero-order chi connectivity index (χ0) is 17.3. The van der Waals surface area contributed by atoms with Gasteiger partial charge in [-0.2, -0.15) is 0 Å². The van der Waals surface area contributed by atoms with Gasteiger partial charge in [-0.15, -0.1) is 0 Å². The van der Waals surface area contributed by atoms with Gasteiger partial charge in [-0.3, -0.25) is 0 Å². The number of carbonyl (C=O) groups is 1. The van der Waals surface area contributed by atoms with E-state index in [0.717, 1.165) is 19.3 Å². The van der Waals surface area contributed by atoms with Gasteiger partial charge in [0.05, 0.1) is 19.2 Å². The lowest BCUT2D eigenvalue weighted by molar-refractivity contribution is 0.0803. The lowest BCUT2D eigenvalue weighted by Gasteiger charge is -2.29. The summed E-state index contributed by atoms with van der Waals surface area (Å²) in [4.78, 5) is 14.0. The van der Waals surface area contributed by atoms with Crippen molar-refractivity contribution < 1.29 is 14.3 Å². The fourth-order valence-corrected chi connectivity index (χ4v) is 3.70. The van der Waals surface area contributed by atoms with E-state index in [4.69, 9.17) is 5.11 Å². The molecule has 1 aliphatic carbocycles. The first kappa shape index (κ1) is 17.2. The van der Waals surface area contributed by atoms with E-state index >= 15 is 0 Å². The van der Waals surface area contributed by atoms with Crippen molar-refractivity contribution in [3.63, 3.8) is 0 Å². The van der Waals surface area contributed by atoms with E-state index in [2.05, 4.69) is 37.4 Å². The van der Waals surface area contributed by atoms with Crippen molar-refractivity contribution in [2.75, 3.05) is 19.7 Å². The number of halogens is 1. The van der Waals surface area contributed by atoms with Crippen LogP contribution in [0, 0.1) is 0 Å². The van der Waals surface area contributed by atoms with Gasteiger partial charge in [0.2, 0.25) is 0 Å². The number of aliphatic hydroxyl groups is 1. The second kappa shape index (κ2) is 6.71. The lowest BCUT2D eigenvalue weighted by Crippen LogP contribution is -2.43. The molecule has 0 bridgehead atoms. The summed E-state index contributed by atoms with van der Waals surface area (Å²) in [5, 5.41) is 12.2. The molecule has 0 spiro atoms. The lowest BCUT2D eigenvalue weighted by atomic mass is 9.85. The minimum atomic E-state index is -1.65. The molecule has 1 saturated heterocycles. The maximum Gasteiger partial charge on any atom is 0.317 e. The molecule has 132 valence electrons. The van der Waals surface area contributed by atoms with E-state index < -0.39 is 12.3 Å². The Hall–Kier alpha value is -1.62. The van der Waals surface area contributed by atoms with Crippen LogP contribution in [0.1, 0.15) is 61.8 Å². The monoisotopic (exact) mass is 334 g/mol. The van der Waals surface area contributed by atoms with Crippen LogP contribution in [0.25, 0.3) is 0 Å². The molecule has 2 amide bonds. The normalized spacial score (nSPS) is 26.5. The van der Waals surface area contributed by atoms with E-state index in [1.165, 1.54) is 21.6 Å². The van der Waals surface area contributed by atoms with Crippen LogP contribution in [-0.2, 0) is 6.42 Å². The third-order valence-electron chi connectivity index (χ3n) is 5.32. The van der Waals surface area contributed by atoms with Crippen LogP contribution >= 0.6 is 0 Å². The van der Waals surface area contributed by atoms with Gasteiger partial charge in [0, 0.05) is 13.0 Å². The zero-order valence-corrected chi connectivity index (χ0v) is 14.5. The highest BCUT2D eigenvalue weighted by molar-refractivity contribution is 5.75. The van der Waals surface area contributed by atoms with Gasteiger partial charge in [-0.1, -0.05) is 32.0 Å². The van der Waals surface area contributed by atoms with Gasteiger partial charge < -0.3 is 15.3 Å². The van der Waals surface area contributed by atoms with E-state index in [9.17, 15) is 9.18 Å². The Morgan fingerprint density at radius 3 is 2.96 bits per heavy atom. The molecular weight excluding hydrogens is 307 g/mol. The number of alkyl halides is 1. The molecule has 1 unspecified atom stereocenters. The summed E-state index contributed by atoms with van der Waals surface area (Å²) in [5.74, 6) is 0.448. The molecule has 1 aromatic carbocycles. The first-order valence-electron chi connectivity index (χ1n) is 8.90. The van der Waals surface area contributed by atoms with E-state index in [-0.39, 0.29) is 25.0 Å². The second-order valence-electron chi connectivity index (χ2n) is 7.49. The molecule has 2 N–H and O–H groups in total. The molecule has 4 nitrogen and oxygen atoms in total. The van der Waals surface area contributed by atoms with Crippen molar-refractivity contribution in [3.8, 4) is 0 Å². The van der Waals surface area contributed by atoms with Gasteiger partial charge in [-0.05, 0) is 41.9 Å². The molecule has 24 heavy (non-hydrogen) atoms. The standard InChI is InChI=1S/C19H27FN2O2/c1-13(2)15-7-6-14-4-3-5-17(16(14)10-15)21-18(24)22-9-8-19(20,11-22)12-23/h6-7,10,13,17,23H,3-5,8-9,11-12H2,1-2H3,(H,21,24)/t17-,19?/m1/s1. The maximum atomic E-state index is 14.1. The number of hydrogen-bond donors (Lipinski definition) is 2. The Balaban J connectivity index is 1.73. The van der Waals surface area contributed by atoms with Gasteiger partial charge in [0.15, 0.2) is 5.67 Å². The van der Waals surface area contributed by atoms with Gasteiger partial charge in [0.25, 0.3) is 0 Å². The number of urea groups is 1. The summed E-state index contributed by atoms with van der Waals surface area (Å²) in [6.07, 6.45) is 3.20. The third kappa shape index (κ3) is 3.41. The van der Waals surface area contributed by atoms with Crippen molar-refractivity contribution in [3.05, 3.63) is 34.9 Å². The van der Waals surface area contributed by atoms with Gasteiger partial charge >= 0.3 is 6.03 Å². The topological polar surface area (TPSA) is 52.6 Å².